The number of nitrogens with two attached hydrogens (primary N) is 1. The highest BCUT2D eigenvalue weighted by Crippen LogP contribution is 1.96. The van der Waals surface area contributed by atoms with Crippen LogP contribution in [-0.4, -0.2) is 21.4 Å². The quantitative estimate of drug-likeness (QED) is 0.444. The number of hydrogen-bond donors (Lipinski definition) is 2. The lowest BCUT2D eigenvalue weighted by Gasteiger charge is -1.90. The van der Waals surface area contributed by atoms with Gasteiger partial charge in [0.25, 0.3) is 0 Å². The highest BCUT2D eigenvalue weighted by Gasteiger charge is 2.01. The Morgan fingerprint density at radius 3 is 2.60 bits per heavy atom. The zero-order chi connectivity index (χ0) is 11.5. The molecule has 0 radical (unpaired) electrons. The van der Waals surface area contributed by atoms with Gasteiger partial charge in [0, 0.05) is 0 Å². The van der Waals surface area contributed by atoms with Crippen molar-refractivity contribution in [3.05, 3.63) is 22.5 Å². The number of imidazole rings is 1. The van der Waals surface area contributed by atoms with Crippen molar-refractivity contribution in [3.8, 4) is 0 Å². The lowest BCUT2D eigenvalue weighted by molar-refractivity contribution is -0.393. The molecule has 0 amide bonds. The molecule has 1 heterocycles. The first-order valence-electron chi connectivity index (χ1n) is 5.06. The number of nitrogens with zero attached hydrogens (tertiary/aromatic N) is 2. The van der Waals surface area contributed by atoms with E-state index >= 15 is 0 Å². The molecule has 15 heavy (non-hydrogen) atoms. The number of H-pyrrole nitrogens is 1. The van der Waals surface area contributed by atoms with Gasteiger partial charge in [-0.05, 0) is 17.9 Å². The fraction of sp³-hybridized carbons (Fsp3) is 0.667. The minimum atomic E-state index is -0.583. The van der Waals surface area contributed by atoms with E-state index in [1.54, 1.807) is 0 Å². The average molecular weight is 214 g/mol. The van der Waals surface area contributed by atoms with Crippen molar-refractivity contribution < 1.29 is 4.92 Å². The average Bonchev–Trinajstić information content (AvgIpc) is 2.72. The molecule has 86 valence electrons. The van der Waals surface area contributed by atoms with Gasteiger partial charge in [-0.3, -0.25) is 0 Å². The zero-order valence-electron chi connectivity index (χ0n) is 8.98. The minimum absolute atomic E-state index is 0.218. The Kier molecular flexibility index (Phi) is 8.27. The maximum Gasteiger partial charge on any atom is 0.432 e. The van der Waals surface area contributed by atoms with Crippen LogP contribution in [0.3, 0.4) is 0 Å². The smallest absolute Gasteiger partial charge is 0.390 e. The monoisotopic (exact) mass is 214 g/mol. The van der Waals surface area contributed by atoms with Crippen LogP contribution >= 0.6 is 0 Å². The predicted molar refractivity (Wildman–Crippen MR) is 58.4 cm³/mol. The molecule has 0 bridgehead atoms. The normalized spacial score (nSPS) is 9.20. The Hall–Kier alpha value is -1.43. The Morgan fingerprint density at radius 2 is 2.27 bits per heavy atom. The van der Waals surface area contributed by atoms with Crippen molar-refractivity contribution in [3.63, 3.8) is 0 Å². The molecule has 0 aliphatic carbocycles. The second kappa shape index (κ2) is 9.14. The molecule has 0 aromatic carbocycles. The third-order valence-electron chi connectivity index (χ3n) is 1.71. The first-order chi connectivity index (χ1) is 7.22. The molecule has 0 atom stereocenters. The van der Waals surface area contributed by atoms with Gasteiger partial charge in [-0.25, -0.2) is 4.98 Å². The van der Waals surface area contributed by atoms with Crippen LogP contribution in [0, 0.1) is 10.1 Å². The topological polar surface area (TPSA) is 97.8 Å². The molecular weight excluding hydrogens is 196 g/mol. The minimum Gasteiger partial charge on any atom is -0.390 e. The molecule has 1 rings (SSSR count). The summed E-state index contributed by atoms with van der Waals surface area (Å²) in [6.45, 7) is 3.07. The summed E-state index contributed by atoms with van der Waals surface area (Å²) >= 11 is 0. The first-order valence-corrected chi connectivity index (χ1v) is 5.06. The van der Waals surface area contributed by atoms with E-state index in [0.717, 1.165) is 6.54 Å². The number of hydrogen-bond acceptors (Lipinski definition) is 4. The third-order valence-corrected chi connectivity index (χ3v) is 1.71. The third kappa shape index (κ3) is 7.63. The van der Waals surface area contributed by atoms with E-state index in [0.29, 0.717) is 0 Å². The lowest BCUT2D eigenvalue weighted by atomic mass is 10.2. The first kappa shape index (κ1) is 13.6. The van der Waals surface area contributed by atoms with Crippen LogP contribution in [0.1, 0.15) is 32.6 Å². The van der Waals surface area contributed by atoms with Gasteiger partial charge in [0.05, 0.1) is 6.20 Å². The summed E-state index contributed by atoms with van der Waals surface area (Å²) in [5.74, 6) is -0.218. The molecular formula is C9H18N4O2. The second-order valence-electron chi connectivity index (χ2n) is 3.02. The number of nitrogens with one attached hydrogen (secondary N) is 1. The molecule has 1 aromatic heterocycles. The molecule has 0 saturated carbocycles. The van der Waals surface area contributed by atoms with E-state index in [1.807, 2.05) is 0 Å². The largest absolute Gasteiger partial charge is 0.432 e. The Labute approximate surface area is 89.0 Å². The van der Waals surface area contributed by atoms with E-state index in [4.69, 9.17) is 5.73 Å². The summed E-state index contributed by atoms with van der Waals surface area (Å²) in [5.41, 5.74) is 5.27. The SMILES string of the molecule is CCCCCCN.O=[N+]([O-])c1ncc[nH]1. The number of rotatable bonds is 5. The van der Waals surface area contributed by atoms with E-state index in [2.05, 4.69) is 16.9 Å². The summed E-state index contributed by atoms with van der Waals surface area (Å²) in [7, 11) is 0. The summed E-state index contributed by atoms with van der Waals surface area (Å²) in [5, 5.41) is 9.77. The van der Waals surface area contributed by atoms with Gasteiger partial charge in [-0.2, -0.15) is 0 Å². The Morgan fingerprint density at radius 1 is 1.53 bits per heavy atom. The number of nitro groups is 1. The molecule has 0 spiro atoms. The highest BCUT2D eigenvalue weighted by atomic mass is 16.6. The van der Waals surface area contributed by atoms with Gasteiger partial charge in [0.2, 0.25) is 0 Å². The molecule has 6 heteroatoms. The summed E-state index contributed by atoms with van der Waals surface area (Å²) in [6, 6.07) is 0. The lowest BCUT2D eigenvalue weighted by Crippen LogP contribution is -1.97. The summed E-state index contributed by atoms with van der Waals surface area (Å²) in [4.78, 5) is 14.9. The molecule has 0 saturated heterocycles. The fourth-order valence-corrected chi connectivity index (χ4v) is 0.928. The van der Waals surface area contributed by atoms with Gasteiger partial charge >= 0.3 is 5.95 Å². The number of aromatic amines is 1. The molecule has 0 unspecified atom stereocenters. The van der Waals surface area contributed by atoms with Crippen LogP contribution < -0.4 is 5.73 Å². The van der Waals surface area contributed by atoms with E-state index in [1.165, 1.54) is 38.1 Å². The second-order valence-corrected chi connectivity index (χ2v) is 3.02. The standard InChI is InChI=1S/C6H15N.C3H3N3O2/c1-2-3-4-5-6-7;7-6(8)3-4-1-2-5-3/h2-7H2,1H3;1-2H,(H,4,5). The maximum atomic E-state index is 9.77. The highest BCUT2D eigenvalue weighted by molar-refractivity contribution is 5.00. The van der Waals surface area contributed by atoms with Gasteiger partial charge in [-0.1, -0.05) is 31.2 Å². The van der Waals surface area contributed by atoms with Crippen LogP contribution in [0.4, 0.5) is 5.95 Å². The molecule has 0 aliphatic heterocycles. The van der Waals surface area contributed by atoms with Crippen molar-refractivity contribution in [2.45, 2.75) is 32.6 Å². The van der Waals surface area contributed by atoms with Gasteiger partial charge in [-0.15, -0.1) is 0 Å². The van der Waals surface area contributed by atoms with Crippen LogP contribution in [0.15, 0.2) is 12.4 Å². The molecule has 0 aliphatic rings. The van der Waals surface area contributed by atoms with E-state index in [-0.39, 0.29) is 5.95 Å². The van der Waals surface area contributed by atoms with Crippen LogP contribution in [0.25, 0.3) is 0 Å². The van der Waals surface area contributed by atoms with Gasteiger partial charge < -0.3 is 15.8 Å². The van der Waals surface area contributed by atoms with Crippen LogP contribution in [0.2, 0.25) is 0 Å². The van der Waals surface area contributed by atoms with E-state index in [9.17, 15) is 10.1 Å². The molecule has 1 aromatic rings. The zero-order valence-corrected chi connectivity index (χ0v) is 8.98. The van der Waals surface area contributed by atoms with Crippen LogP contribution in [0.5, 0.6) is 0 Å². The van der Waals surface area contributed by atoms with E-state index < -0.39 is 4.92 Å². The Bertz CT molecular complexity index is 245. The van der Waals surface area contributed by atoms with Gasteiger partial charge in [0.1, 0.15) is 6.20 Å². The Balaban J connectivity index is 0.000000265. The summed E-state index contributed by atoms with van der Waals surface area (Å²) < 4.78 is 0. The molecule has 6 nitrogen and oxygen atoms in total. The fourth-order valence-electron chi connectivity index (χ4n) is 0.928. The summed E-state index contributed by atoms with van der Waals surface area (Å²) in [6.07, 6.45) is 7.90. The van der Waals surface area contributed by atoms with Crippen molar-refractivity contribution >= 4 is 5.95 Å². The predicted octanol–water partition coefficient (Wildman–Crippen LogP) is 1.84. The molecule has 0 fully saturated rings. The molecule has 3 N–H and O–H groups in total. The van der Waals surface area contributed by atoms with Crippen LogP contribution in [-0.2, 0) is 0 Å². The van der Waals surface area contributed by atoms with Gasteiger partial charge in [0.15, 0.2) is 0 Å². The maximum absolute atomic E-state index is 9.77. The van der Waals surface area contributed by atoms with Crippen molar-refractivity contribution in [1.29, 1.82) is 0 Å². The van der Waals surface area contributed by atoms with Crippen molar-refractivity contribution in [2.75, 3.05) is 6.54 Å². The van der Waals surface area contributed by atoms with Crippen molar-refractivity contribution in [2.24, 2.45) is 5.73 Å². The van der Waals surface area contributed by atoms with Crippen molar-refractivity contribution in [1.82, 2.24) is 9.97 Å². The number of aromatic nitrogens is 2. The number of unbranched alkanes of at least 4 members (excludes halogenated alkanes) is 3.